The number of fused-ring (bicyclic) bond motifs is 1. The second kappa shape index (κ2) is 3.79. The fraction of sp³-hybridized carbons (Fsp3) is 0. The Morgan fingerprint density at radius 3 is 2.88 bits per heavy atom. The molecule has 0 aliphatic carbocycles. The molecule has 3 heterocycles. The Balaban J connectivity index is 2.24. The van der Waals surface area contributed by atoms with E-state index >= 15 is 0 Å². The van der Waals surface area contributed by atoms with Crippen molar-refractivity contribution in [3.8, 4) is 11.4 Å². The van der Waals surface area contributed by atoms with E-state index < -0.39 is 0 Å². The molecule has 0 spiro atoms. The lowest BCUT2D eigenvalue weighted by atomic mass is 10.3. The summed E-state index contributed by atoms with van der Waals surface area (Å²) in [5, 5.41) is 4.29. The Kier molecular flexibility index (Phi) is 2.15. The third kappa shape index (κ3) is 1.57. The highest BCUT2D eigenvalue weighted by Gasteiger charge is 2.08. The standard InChI is InChI=1S/C12H8N4O/c17-8-10-4-1-5-11-14-12(15-16(10)11)9-3-2-6-13-7-9/h1-8H. The highest BCUT2D eigenvalue weighted by molar-refractivity contribution is 5.74. The molecule has 0 saturated heterocycles. The summed E-state index contributed by atoms with van der Waals surface area (Å²) >= 11 is 0. The van der Waals surface area contributed by atoms with Gasteiger partial charge in [-0.2, -0.15) is 0 Å². The number of carbonyl (C=O) groups is 1. The number of rotatable bonds is 2. The smallest absolute Gasteiger partial charge is 0.183 e. The van der Waals surface area contributed by atoms with E-state index in [4.69, 9.17) is 0 Å². The third-order valence-electron chi connectivity index (χ3n) is 2.43. The van der Waals surface area contributed by atoms with Crippen molar-refractivity contribution in [2.75, 3.05) is 0 Å². The molecule has 3 aromatic rings. The van der Waals surface area contributed by atoms with Crippen LogP contribution in [0.15, 0.2) is 42.7 Å². The van der Waals surface area contributed by atoms with E-state index in [1.807, 2.05) is 12.1 Å². The summed E-state index contributed by atoms with van der Waals surface area (Å²) in [4.78, 5) is 19.2. The van der Waals surface area contributed by atoms with Crippen LogP contribution in [0.1, 0.15) is 10.5 Å². The molecule has 3 aromatic heterocycles. The van der Waals surface area contributed by atoms with Gasteiger partial charge in [0.1, 0.15) is 5.69 Å². The molecule has 5 heteroatoms. The predicted octanol–water partition coefficient (Wildman–Crippen LogP) is 1.60. The van der Waals surface area contributed by atoms with Crippen LogP contribution in [0.4, 0.5) is 0 Å². The summed E-state index contributed by atoms with van der Waals surface area (Å²) in [6.07, 6.45) is 4.14. The molecule has 0 bridgehead atoms. The molecule has 5 nitrogen and oxygen atoms in total. The van der Waals surface area contributed by atoms with Crippen molar-refractivity contribution in [3.05, 3.63) is 48.4 Å². The van der Waals surface area contributed by atoms with Crippen molar-refractivity contribution in [3.63, 3.8) is 0 Å². The van der Waals surface area contributed by atoms with Gasteiger partial charge < -0.3 is 0 Å². The molecule has 0 aliphatic heterocycles. The highest BCUT2D eigenvalue weighted by Crippen LogP contribution is 2.15. The molecule has 0 aliphatic rings. The van der Waals surface area contributed by atoms with Crippen LogP contribution in [-0.2, 0) is 0 Å². The van der Waals surface area contributed by atoms with Crippen LogP contribution in [0.25, 0.3) is 17.0 Å². The molecular formula is C12H8N4O. The largest absolute Gasteiger partial charge is 0.296 e. The van der Waals surface area contributed by atoms with Gasteiger partial charge in [-0.3, -0.25) is 9.78 Å². The molecule has 0 N–H and O–H groups in total. The molecule has 17 heavy (non-hydrogen) atoms. The summed E-state index contributed by atoms with van der Waals surface area (Å²) in [6.45, 7) is 0. The molecule has 0 saturated carbocycles. The maximum atomic E-state index is 10.9. The SMILES string of the molecule is O=Cc1cccc2nc(-c3cccnc3)nn12. The number of hydrogen-bond donors (Lipinski definition) is 0. The zero-order valence-corrected chi connectivity index (χ0v) is 8.82. The monoisotopic (exact) mass is 224 g/mol. The summed E-state index contributed by atoms with van der Waals surface area (Å²) in [6, 6.07) is 8.98. The first kappa shape index (κ1) is 9.65. The minimum Gasteiger partial charge on any atom is -0.296 e. The van der Waals surface area contributed by atoms with E-state index in [1.165, 1.54) is 4.52 Å². The van der Waals surface area contributed by atoms with E-state index in [0.717, 1.165) is 11.8 Å². The van der Waals surface area contributed by atoms with Crippen molar-refractivity contribution < 1.29 is 4.79 Å². The zero-order valence-electron chi connectivity index (χ0n) is 8.82. The van der Waals surface area contributed by atoms with Gasteiger partial charge in [0, 0.05) is 18.0 Å². The Labute approximate surface area is 96.8 Å². The van der Waals surface area contributed by atoms with Crippen LogP contribution in [0.2, 0.25) is 0 Å². The van der Waals surface area contributed by atoms with Crippen LogP contribution in [0, 0.1) is 0 Å². The van der Waals surface area contributed by atoms with Gasteiger partial charge in [-0.05, 0) is 24.3 Å². The zero-order chi connectivity index (χ0) is 11.7. The van der Waals surface area contributed by atoms with Crippen LogP contribution in [-0.4, -0.2) is 25.9 Å². The fourth-order valence-corrected chi connectivity index (χ4v) is 1.63. The quantitative estimate of drug-likeness (QED) is 0.620. The van der Waals surface area contributed by atoms with Crippen molar-refractivity contribution in [1.82, 2.24) is 19.6 Å². The van der Waals surface area contributed by atoms with Crippen molar-refractivity contribution in [1.29, 1.82) is 0 Å². The van der Waals surface area contributed by atoms with E-state index in [-0.39, 0.29) is 0 Å². The second-order valence-electron chi connectivity index (χ2n) is 3.52. The lowest BCUT2D eigenvalue weighted by molar-refractivity contribution is 0.111. The van der Waals surface area contributed by atoms with Crippen molar-refractivity contribution >= 4 is 11.9 Å². The van der Waals surface area contributed by atoms with E-state index in [9.17, 15) is 4.79 Å². The molecule has 0 fully saturated rings. The van der Waals surface area contributed by atoms with Gasteiger partial charge in [0.15, 0.2) is 17.8 Å². The summed E-state index contributed by atoms with van der Waals surface area (Å²) < 4.78 is 1.52. The Morgan fingerprint density at radius 2 is 2.12 bits per heavy atom. The van der Waals surface area contributed by atoms with Crippen LogP contribution in [0.3, 0.4) is 0 Å². The minimum absolute atomic E-state index is 0.477. The summed E-state index contributed by atoms with van der Waals surface area (Å²) in [5.41, 5.74) is 1.95. The number of aldehydes is 1. The van der Waals surface area contributed by atoms with Gasteiger partial charge in [-0.25, -0.2) is 9.50 Å². The first-order valence-electron chi connectivity index (χ1n) is 5.10. The third-order valence-corrected chi connectivity index (χ3v) is 2.43. The predicted molar refractivity (Wildman–Crippen MR) is 61.6 cm³/mol. The van der Waals surface area contributed by atoms with E-state index in [0.29, 0.717) is 17.2 Å². The maximum Gasteiger partial charge on any atom is 0.183 e. The Morgan fingerprint density at radius 1 is 1.18 bits per heavy atom. The first-order chi connectivity index (χ1) is 8.38. The average Bonchev–Trinajstić information content (AvgIpc) is 2.83. The van der Waals surface area contributed by atoms with Gasteiger partial charge in [0.25, 0.3) is 0 Å². The molecule has 0 atom stereocenters. The molecular weight excluding hydrogens is 216 g/mol. The Bertz CT molecular complexity index is 675. The summed E-state index contributed by atoms with van der Waals surface area (Å²) in [5.74, 6) is 0.562. The van der Waals surface area contributed by atoms with E-state index in [1.54, 1.807) is 30.6 Å². The molecule has 3 rings (SSSR count). The van der Waals surface area contributed by atoms with Gasteiger partial charge >= 0.3 is 0 Å². The van der Waals surface area contributed by atoms with Crippen LogP contribution < -0.4 is 0 Å². The normalized spacial score (nSPS) is 10.6. The van der Waals surface area contributed by atoms with Gasteiger partial charge in [0.05, 0.1) is 0 Å². The lowest BCUT2D eigenvalue weighted by Gasteiger charge is -1.93. The molecule has 0 unspecified atom stereocenters. The molecule has 0 radical (unpaired) electrons. The van der Waals surface area contributed by atoms with Gasteiger partial charge in [-0.1, -0.05) is 6.07 Å². The number of aromatic nitrogens is 4. The molecule has 0 aromatic carbocycles. The van der Waals surface area contributed by atoms with Crippen LogP contribution in [0.5, 0.6) is 0 Å². The average molecular weight is 224 g/mol. The summed E-state index contributed by atoms with van der Waals surface area (Å²) in [7, 11) is 0. The van der Waals surface area contributed by atoms with Crippen molar-refractivity contribution in [2.45, 2.75) is 0 Å². The van der Waals surface area contributed by atoms with Gasteiger partial charge in [0.2, 0.25) is 0 Å². The van der Waals surface area contributed by atoms with Gasteiger partial charge in [-0.15, -0.1) is 5.10 Å². The maximum absolute atomic E-state index is 10.9. The fourth-order valence-electron chi connectivity index (χ4n) is 1.63. The number of carbonyl (C=O) groups excluding carboxylic acids is 1. The first-order valence-corrected chi connectivity index (χ1v) is 5.10. The molecule has 0 amide bonds. The number of hydrogen-bond acceptors (Lipinski definition) is 4. The Hall–Kier alpha value is -2.56. The topological polar surface area (TPSA) is 60.2 Å². The highest BCUT2D eigenvalue weighted by atomic mass is 16.1. The number of pyridine rings is 2. The molecule has 82 valence electrons. The lowest BCUT2D eigenvalue weighted by Crippen LogP contribution is -1.96. The van der Waals surface area contributed by atoms with Crippen LogP contribution >= 0.6 is 0 Å². The second-order valence-corrected chi connectivity index (χ2v) is 3.52. The number of nitrogens with zero attached hydrogens (tertiary/aromatic N) is 4. The van der Waals surface area contributed by atoms with E-state index in [2.05, 4.69) is 15.1 Å². The van der Waals surface area contributed by atoms with Crippen molar-refractivity contribution in [2.24, 2.45) is 0 Å². The minimum atomic E-state index is 0.477.